The van der Waals surface area contributed by atoms with Gasteiger partial charge in [0.15, 0.2) is 0 Å². The highest BCUT2D eigenvalue weighted by Gasteiger charge is 1.83. The molecule has 0 radical (unpaired) electrons. The molecule has 0 heterocycles. The summed E-state index contributed by atoms with van der Waals surface area (Å²) in [6, 6.07) is 0. The predicted molar refractivity (Wildman–Crippen MR) is 48.2 cm³/mol. The van der Waals surface area contributed by atoms with Crippen LogP contribution in [-0.4, -0.2) is 0 Å². The molecule has 0 unspecified atom stereocenters. The zero-order valence-corrected chi connectivity index (χ0v) is 7.28. The van der Waals surface area contributed by atoms with Crippen LogP contribution in [-0.2, 0) is 0 Å². The normalized spacial score (nSPS) is 12.5. The van der Waals surface area contributed by atoms with E-state index in [2.05, 4.69) is 6.58 Å². The Morgan fingerprint density at radius 1 is 1.60 bits per heavy atom. The van der Waals surface area contributed by atoms with E-state index < -0.39 is 0 Å². The summed E-state index contributed by atoms with van der Waals surface area (Å²) in [5.41, 5.74) is 1.06. The lowest BCUT2D eigenvalue weighted by molar-refractivity contribution is 1.32. The van der Waals surface area contributed by atoms with E-state index in [0.717, 1.165) is 17.0 Å². The maximum Gasteiger partial charge on any atom is 0.0176 e. The molecule has 0 aromatic carbocycles. The maximum atomic E-state index is 5.73. The second-order valence-electron chi connectivity index (χ2n) is 2.19. The Bertz CT molecular complexity index is 164. The first-order valence-corrected chi connectivity index (χ1v) is 3.67. The molecule has 0 aromatic heterocycles. The topological polar surface area (TPSA) is 0 Å². The van der Waals surface area contributed by atoms with E-state index in [4.69, 9.17) is 11.6 Å². The minimum atomic E-state index is 0.810. The molecule has 0 spiro atoms. The SMILES string of the molecule is C=C(C)/C=C\C/C(Cl)=C\C. The third-order valence-electron chi connectivity index (χ3n) is 1.03. The molecule has 0 bridgehead atoms. The van der Waals surface area contributed by atoms with E-state index in [1.54, 1.807) is 0 Å². The van der Waals surface area contributed by atoms with Crippen molar-refractivity contribution in [1.82, 2.24) is 0 Å². The summed E-state index contributed by atoms with van der Waals surface area (Å²) < 4.78 is 0. The standard InChI is InChI=1S/C9H13Cl/c1-4-9(10)7-5-6-8(2)3/h4-6H,2,7H2,1,3H3/b6-5-,9-4+. The average Bonchev–Trinajstić information content (AvgIpc) is 1.87. The minimum absolute atomic E-state index is 0.810. The van der Waals surface area contributed by atoms with Crippen LogP contribution in [0.1, 0.15) is 20.3 Å². The molecule has 0 aromatic rings. The number of hydrogen-bond donors (Lipinski definition) is 0. The van der Waals surface area contributed by atoms with Crippen LogP contribution in [0.3, 0.4) is 0 Å². The van der Waals surface area contributed by atoms with Gasteiger partial charge in [0.1, 0.15) is 0 Å². The molecule has 0 saturated heterocycles. The third kappa shape index (κ3) is 5.64. The van der Waals surface area contributed by atoms with Crippen LogP contribution in [0.15, 0.2) is 35.4 Å². The molecule has 0 aliphatic heterocycles. The molecule has 0 aliphatic carbocycles. The fourth-order valence-corrected chi connectivity index (χ4v) is 0.580. The van der Waals surface area contributed by atoms with Crippen LogP contribution in [0, 0.1) is 0 Å². The van der Waals surface area contributed by atoms with E-state index in [1.807, 2.05) is 32.1 Å². The summed E-state index contributed by atoms with van der Waals surface area (Å²) >= 11 is 5.73. The van der Waals surface area contributed by atoms with Crippen LogP contribution in [0.2, 0.25) is 0 Å². The van der Waals surface area contributed by atoms with Gasteiger partial charge in [-0.05, 0) is 13.8 Å². The van der Waals surface area contributed by atoms with Crippen molar-refractivity contribution in [2.45, 2.75) is 20.3 Å². The van der Waals surface area contributed by atoms with Gasteiger partial charge in [0, 0.05) is 11.5 Å². The van der Waals surface area contributed by atoms with Crippen molar-refractivity contribution >= 4 is 11.6 Å². The highest BCUT2D eigenvalue weighted by molar-refractivity contribution is 6.29. The van der Waals surface area contributed by atoms with Crippen molar-refractivity contribution in [2.24, 2.45) is 0 Å². The largest absolute Gasteiger partial charge is 0.0961 e. The van der Waals surface area contributed by atoms with Crippen molar-refractivity contribution in [2.75, 3.05) is 0 Å². The molecule has 0 fully saturated rings. The zero-order valence-electron chi connectivity index (χ0n) is 6.52. The molecule has 0 amide bonds. The predicted octanol–water partition coefficient (Wildman–Crippen LogP) is 3.65. The first-order valence-electron chi connectivity index (χ1n) is 3.29. The Hall–Kier alpha value is -0.490. The van der Waals surface area contributed by atoms with E-state index in [9.17, 15) is 0 Å². The lowest BCUT2D eigenvalue weighted by atomic mass is 10.3. The molecule has 1 heteroatoms. The summed E-state index contributed by atoms with van der Waals surface area (Å²) in [6.45, 7) is 7.61. The second-order valence-corrected chi connectivity index (χ2v) is 2.67. The van der Waals surface area contributed by atoms with Crippen molar-refractivity contribution in [3.8, 4) is 0 Å². The van der Waals surface area contributed by atoms with Gasteiger partial charge in [-0.2, -0.15) is 0 Å². The quantitative estimate of drug-likeness (QED) is 0.548. The van der Waals surface area contributed by atoms with Gasteiger partial charge in [0.25, 0.3) is 0 Å². The van der Waals surface area contributed by atoms with Crippen molar-refractivity contribution < 1.29 is 0 Å². The summed E-state index contributed by atoms with van der Waals surface area (Å²) in [5.74, 6) is 0. The Labute approximate surface area is 67.9 Å². The summed E-state index contributed by atoms with van der Waals surface area (Å²) in [7, 11) is 0. The molecule has 0 atom stereocenters. The molecule has 56 valence electrons. The number of halogens is 1. The molecule has 10 heavy (non-hydrogen) atoms. The number of rotatable bonds is 3. The van der Waals surface area contributed by atoms with Gasteiger partial charge < -0.3 is 0 Å². The Balaban J connectivity index is 3.64. The van der Waals surface area contributed by atoms with Crippen LogP contribution < -0.4 is 0 Å². The van der Waals surface area contributed by atoms with Crippen LogP contribution >= 0.6 is 11.6 Å². The fraction of sp³-hybridized carbons (Fsp3) is 0.333. The van der Waals surface area contributed by atoms with Crippen molar-refractivity contribution in [1.29, 1.82) is 0 Å². The van der Waals surface area contributed by atoms with Crippen molar-refractivity contribution in [3.63, 3.8) is 0 Å². The monoisotopic (exact) mass is 156 g/mol. The minimum Gasteiger partial charge on any atom is -0.0961 e. The van der Waals surface area contributed by atoms with E-state index in [1.165, 1.54) is 0 Å². The molecule has 0 nitrogen and oxygen atoms in total. The van der Waals surface area contributed by atoms with Crippen LogP contribution in [0.4, 0.5) is 0 Å². The van der Waals surface area contributed by atoms with Gasteiger partial charge in [-0.3, -0.25) is 0 Å². The lowest BCUT2D eigenvalue weighted by Crippen LogP contribution is -1.67. The van der Waals surface area contributed by atoms with E-state index in [0.29, 0.717) is 0 Å². The molecular weight excluding hydrogens is 144 g/mol. The first kappa shape index (κ1) is 9.51. The summed E-state index contributed by atoms with van der Waals surface area (Å²) in [6.07, 6.45) is 6.67. The van der Waals surface area contributed by atoms with Gasteiger partial charge >= 0.3 is 0 Å². The Kier molecular flexibility index (Phi) is 5.05. The van der Waals surface area contributed by atoms with Crippen molar-refractivity contribution in [3.05, 3.63) is 35.4 Å². The van der Waals surface area contributed by atoms with Crippen LogP contribution in [0.5, 0.6) is 0 Å². The molecular formula is C9H13Cl. The van der Waals surface area contributed by atoms with Gasteiger partial charge in [-0.25, -0.2) is 0 Å². The first-order chi connectivity index (χ1) is 4.66. The fourth-order valence-electron chi connectivity index (χ4n) is 0.491. The summed E-state index contributed by atoms with van der Waals surface area (Å²) in [4.78, 5) is 0. The second kappa shape index (κ2) is 5.31. The van der Waals surface area contributed by atoms with E-state index in [-0.39, 0.29) is 0 Å². The maximum absolute atomic E-state index is 5.73. The molecule has 0 saturated carbocycles. The molecule has 0 N–H and O–H groups in total. The molecule has 0 aliphatic rings. The smallest absolute Gasteiger partial charge is 0.0176 e. The highest BCUT2D eigenvalue weighted by Crippen LogP contribution is 2.07. The van der Waals surface area contributed by atoms with Crippen LogP contribution in [0.25, 0.3) is 0 Å². The lowest BCUT2D eigenvalue weighted by Gasteiger charge is -1.88. The summed E-state index contributed by atoms with van der Waals surface area (Å²) in [5, 5.41) is 0.873. The number of hydrogen-bond acceptors (Lipinski definition) is 0. The van der Waals surface area contributed by atoms with Gasteiger partial charge in [0.05, 0.1) is 0 Å². The molecule has 0 rings (SSSR count). The Morgan fingerprint density at radius 2 is 2.20 bits per heavy atom. The van der Waals surface area contributed by atoms with Gasteiger partial charge in [0.2, 0.25) is 0 Å². The van der Waals surface area contributed by atoms with Gasteiger partial charge in [-0.15, -0.1) is 0 Å². The highest BCUT2D eigenvalue weighted by atomic mass is 35.5. The number of allylic oxidation sites excluding steroid dienone is 5. The van der Waals surface area contributed by atoms with E-state index >= 15 is 0 Å². The van der Waals surface area contributed by atoms with Gasteiger partial charge in [-0.1, -0.05) is 42.0 Å². The third-order valence-corrected chi connectivity index (χ3v) is 1.40. The average molecular weight is 157 g/mol. The Morgan fingerprint density at radius 3 is 2.60 bits per heavy atom. The zero-order chi connectivity index (χ0) is 7.98.